The lowest BCUT2D eigenvalue weighted by Gasteiger charge is -2.58. The summed E-state index contributed by atoms with van der Waals surface area (Å²) in [6, 6.07) is 39.0. The van der Waals surface area contributed by atoms with Gasteiger partial charge in [-0.15, -0.1) is 13.2 Å². The Labute approximate surface area is 264 Å². The third-order valence-electron chi connectivity index (χ3n) is 7.67. The molecule has 0 spiro atoms. The molecule has 0 radical (unpaired) electrons. The van der Waals surface area contributed by atoms with Crippen LogP contribution in [0.3, 0.4) is 0 Å². The first-order valence-electron chi connectivity index (χ1n) is 14.3. The van der Waals surface area contributed by atoms with Crippen LogP contribution in [0.5, 0.6) is 0 Å². The van der Waals surface area contributed by atoms with Gasteiger partial charge in [-0.05, 0) is 13.1 Å². The first kappa shape index (κ1) is 30.0. The quantitative estimate of drug-likeness (QED) is 0.287. The summed E-state index contributed by atoms with van der Waals surface area (Å²) in [6.07, 6.45) is 0. The van der Waals surface area contributed by atoms with E-state index in [-0.39, 0.29) is 0 Å². The SMILES string of the molecule is C=C[Si]1(C)O[Si@]2(c3ccccc3)O[Si@](c3ccccc3)(O1)O[Si@]1(c3ccccc3)O[Si](C)(C=C)O[Si@@](c3ccccc3)(O1)O2. The molecule has 0 aliphatic carbocycles. The van der Waals surface area contributed by atoms with E-state index in [2.05, 4.69) is 13.2 Å². The molecule has 4 aromatic carbocycles. The van der Waals surface area contributed by atoms with Crippen LogP contribution >= 0.6 is 0 Å². The Balaban J connectivity index is 1.59. The normalized spacial score (nSPS) is 36.4. The predicted octanol–water partition coefficient (Wildman–Crippen LogP) is 3.14. The number of hydrogen-bond acceptors (Lipinski definition) is 8. The molecule has 7 rings (SSSR count). The third-order valence-corrected chi connectivity index (χ3v) is 32.7. The van der Waals surface area contributed by atoms with Crippen LogP contribution in [-0.4, -0.2) is 52.3 Å². The van der Waals surface area contributed by atoms with Crippen molar-refractivity contribution in [3.8, 4) is 0 Å². The second-order valence-electron chi connectivity index (χ2n) is 10.9. The lowest BCUT2D eigenvalue weighted by atomic mass is 10.4. The fraction of sp³-hybridized carbons (Fsp3) is 0.0667. The molecule has 3 heterocycles. The number of benzene rings is 4. The van der Waals surface area contributed by atoms with Crippen molar-refractivity contribution >= 4 is 73.1 Å². The summed E-state index contributed by atoms with van der Waals surface area (Å²) in [5, 5.41) is 2.99. The van der Waals surface area contributed by atoms with Gasteiger partial charge < -0.3 is 32.9 Å². The predicted molar refractivity (Wildman–Crippen MR) is 180 cm³/mol. The van der Waals surface area contributed by atoms with Gasteiger partial charge in [0, 0.05) is 20.7 Å². The Morgan fingerprint density at radius 2 is 0.568 bits per heavy atom. The molecule has 44 heavy (non-hydrogen) atoms. The van der Waals surface area contributed by atoms with E-state index in [0.717, 1.165) is 20.7 Å². The molecule has 0 unspecified atom stereocenters. The van der Waals surface area contributed by atoms with Crippen LogP contribution in [0.1, 0.15) is 0 Å². The van der Waals surface area contributed by atoms with Crippen LogP contribution in [0.25, 0.3) is 0 Å². The first-order valence-corrected chi connectivity index (χ1v) is 26.0. The summed E-state index contributed by atoms with van der Waals surface area (Å²) >= 11 is 0. The van der Waals surface area contributed by atoms with Crippen molar-refractivity contribution in [2.75, 3.05) is 0 Å². The Morgan fingerprint density at radius 1 is 0.364 bits per heavy atom. The van der Waals surface area contributed by atoms with E-state index in [0.29, 0.717) is 0 Å². The molecule has 0 amide bonds. The number of hydrogen-bond donors (Lipinski definition) is 0. The van der Waals surface area contributed by atoms with Crippen molar-refractivity contribution in [2.24, 2.45) is 0 Å². The second kappa shape index (κ2) is 11.0. The largest absolute Gasteiger partial charge is 0.514 e. The van der Waals surface area contributed by atoms with E-state index in [1.807, 2.05) is 134 Å². The van der Waals surface area contributed by atoms with Crippen molar-refractivity contribution < 1.29 is 32.9 Å². The zero-order chi connectivity index (χ0) is 30.5. The molecule has 0 aromatic heterocycles. The standard InChI is InChI=1S/C30H32O8Si6/c1-5-39(3)31-41(27-19-11-7-12-20-27)35-42(32-39,28-21-13-8-14-22-28)38-44(30-25-17-10-18-26-30)34-40(4,6-2)33-43(36-44,37-41)29-23-15-9-16-24-29/h5-26H,1-2H2,3-4H3/t39?,40?,41-,42+,43+,44-. The zero-order valence-electron chi connectivity index (χ0n) is 24.4. The van der Waals surface area contributed by atoms with Crippen molar-refractivity contribution in [3.63, 3.8) is 0 Å². The Hall–Kier alpha value is -2.66. The van der Waals surface area contributed by atoms with Crippen LogP contribution < -0.4 is 20.7 Å². The fourth-order valence-electron chi connectivity index (χ4n) is 5.51. The van der Waals surface area contributed by atoms with E-state index < -0.39 is 52.3 Å². The monoisotopic (exact) mass is 688 g/mol. The highest BCUT2D eigenvalue weighted by molar-refractivity contribution is 7.10. The molecule has 4 aromatic rings. The van der Waals surface area contributed by atoms with E-state index >= 15 is 0 Å². The third kappa shape index (κ3) is 5.02. The van der Waals surface area contributed by atoms with Gasteiger partial charge in [-0.2, -0.15) is 0 Å². The molecule has 0 atom stereocenters. The van der Waals surface area contributed by atoms with Crippen LogP contribution in [0.15, 0.2) is 146 Å². The number of fused-ring (bicyclic) bond motifs is 4. The van der Waals surface area contributed by atoms with Crippen molar-refractivity contribution in [3.05, 3.63) is 146 Å². The van der Waals surface area contributed by atoms with Gasteiger partial charge in [0.15, 0.2) is 0 Å². The van der Waals surface area contributed by atoms with Gasteiger partial charge >= 0.3 is 52.3 Å². The van der Waals surface area contributed by atoms with Crippen LogP contribution in [-0.2, 0) is 32.9 Å². The molecule has 0 saturated carbocycles. The smallest absolute Gasteiger partial charge is 0.388 e. The summed E-state index contributed by atoms with van der Waals surface area (Å²) in [6.45, 7) is 12.2. The van der Waals surface area contributed by atoms with Gasteiger partial charge in [0.2, 0.25) is 0 Å². The van der Waals surface area contributed by atoms with Gasteiger partial charge in [-0.1, -0.05) is 133 Å². The fourth-order valence-corrected chi connectivity index (χ4v) is 36.7. The van der Waals surface area contributed by atoms with Crippen molar-refractivity contribution in [2.45, 2.75) is 13.1 Å². The molecule has 3 saturated heterocycles. The van der Waals surface area contributed by atoms with E-state index in [4.69, 9.17) is 32.9 Å². The Bertz CT molecular complexity index is 1440. The molecule has 14 heteroatoms. The van der Waals surface area contributed by atoms with E-state index in [1.54, 1.807) is 11.4 Å². The highest BCUT2D eigenvalue weighted by atomic mass is 28.6. The highest BCUT2D eigenvalue weighted by Crippen LogP contribution is 2.43. The summed E-state index contributed by atoms with van der Waals surface area (Å²) in [7, 11) is -22.4. The minimum Gasteiger partial charge on any atom is -0.388 e. The maximum atomic E-state index is 7.46. The summed E-state index contributed by atoms with van der Waals surface area (Å²) in [5.74, 6) is 0. The van der Waals surface area contributed by atoms with Crippen molar-refractivity contribution in [1.82, 2.24) is 0 Å². The summed E-state index contributed by atoms with van der Waals surface area (Å²) < 4.78 is 57.6. The highest BCUT2D eigenvalue weighted by Gasteiger charge is 2.78. The maximum Gasteiger partial charge on any atom is 0.514 e. The van der Waals surface area contributed by atoms with Gasteiger partial charge in [-0.25, -0.2) is 0 Å². The van der Waals surface area contributed by atoms with E-state index in [1.165, 1.54) is 0 Å². The van der Waals surface area contributed by atoms with Crippen molar-refractivity contribution in [1.29, 1.82) is 0 Å². The molecule has 3 fully saturated rings. The molecule has 8 nitrogen and oxygen atoms in total. The molecule has 4 bridgehead atoms. The average Bonchev–Trinajstić information content (AvgIpc) is 3.05. The van der Waals surface area contributed by atoms with Gasteiger partial charge in [0.1, 0.15) is 0 Å². The minimum absolute atomic E-state index is 0.748. The van der Waals surface area contributed by atoms with Gasteiger partial charge in [0.25, 0.3) is 0 Å². The van der Waals surface area contributed by atoms with Crippen LogP contribution in [0, 0.1) is 0 Å². The van der Waals surface area contributed by atoms with E-state index in [9.17, 15) is 0 Å². The van der Waals surface area contributed by atoms with Gasteiger partial charge in [-0.3, -0.25) is 0 Å². The van der Waals surface area contributed by atoms with Crippen LogP contribution in [0.2, 0.25) is 13.1 Å². The topological polar surface area (TPSA) is 73.8 Å². The molecule has 224 valence electrons. The maximum absolute atomic E-state index is 7.46. The lowest BCUT2D eigenvalue weighted by Crippen LogP contribution is -2.90. The molecule has 3 aliphatic rings. The second-order valence-corrected chi connectivity index (χ2v) is 29.1. The Kier molecular flexibility index (Phi) is 7.50. The minimum atomic E-state index is -3.98. The summed E-state index contributed by atoms with van der Waals surface area (Å²) in [5.41, 5.74) is 3.52. The van der Waals surface area contributed by atoms with Gasteiger partial charge in [0.05, 0.1) is 0 Å². The zero-order valence-corrected chi connectivity index (χ0v) is 30.4. The molecule has 3 aliphatic heterocycles. The van der Waals surface area contributed by atoms with Crippen LogP contribution in [0.4, 0.5) is 0 Å². The first-order chi connectivity index (χ1) is 21.2. The number of rotatable bonds is 6. The average molecular weight is 689 g/mol. The molecular weight excluding hydrogens is 657 g/mol. The lowest BCUT2D eigenvalue weighted by molar-refractivity contribution is 0.0527. The summed E-state index contributed by atoms with van der Waals surface area (Å²) in [4.78, 5) is 0. The Morgan fingerprint density at radius 3 is 0.750 bits per heavy atom. The molecule has 0 N–H and O–H groups in total. The molecular formula is C30H32O8Si6.